The Morgan fingerprint density at radius 2 is 1.62 bits per heavy atom. The Hall–Kier alpha value is -0.570. The molecule has 0 spiro atoms. The van der Waals surface area contributed by atoms with Crippen molar-refractivity contribution >= 4 is 5.91 Å². The highest BCUT2D eigenvalue weighted by Gasteiger charge is 2.43. The number of nitrogens with zero attached hydrogens (tertiary/aromatic N) is 2. The van der Waals surface area contributed by atoms with Crippen LogP contribution < -0.4 is 0 Å². The predicted octanol–water partition coefficient (Wildman–Crippen LogP) is 2.86. The molecule has 2 heterocycles. The van der Waals surface area contributed by atoms with E-state index in [4.69, 9.17) is 0 Å². The average Bonchev–Trinajstić information content (AvgIpc) is 2.70. The second-order valence-corrected chi connectivity index (χ2v) is 8.14. The van der Waals surface area contributed by atoms with Gasteiger partial charge < -0.3 is 9.80 Å². The van der Waals surface area contributed by atoms with Gasteiger partial charge in [0.2, 0.25) is 5.91 Å². The van der Waals surface area contributed by atoms with Gasteiger partial charge in [0.1, 0.15) is 0 Å². The van der Waals surface area contributed by atoms with E-state index in [1.54, 1.807) is 0 Å². The van der Waals surface area contributed by atoms with Crippen LogP contribution in [0.15, 0.2) is 0 Å². The largest absolute Gasteiger partial charge is 0.342 e. The highest BCUT2D eigenvalue weighted by atomic mass is 16.2. The van der Waals surface area contributed by atoms with Crippen LogP contribution in [0.1, 0.15) is 46.5 Å². The lowest BCUT2D eigenvalue weighted by Crippen LogP contribution is -2.50. The quantitative estimate of drug-likeness (QED) is 0.798. The van der Waals surface area contributed by atoms with Crippen LogP contribution >= 0.6 is 0 Å². The Morgan fingerprint density at radius 3 is 2.14 bits per heavy atom. The minimum Gasteiger partial charge on any atom is -0.342 e. The Morgan fingerprint density at radius 1 is 1.05 bits per heavy atom. The molecule has 2 bridgehead atoms. The molecule has 3 heteroatoms. The fourth-order valence-electron chi connectivity index (χ4n) is 4.72. The summed E-state index contributed by atoms with van der Waals surface area (Å²) in [5.74, 6) is 3.84. The lowest BCUT2D eigenvalue weighted by atomic mass is 9.83. The summed E-state index contributed by atoms with van der Waals surface area (Å²) in [7, 11) is 0. The molecular weight excluding hydrogens is 260 g/mol. The first-order valence-electron chi connectivity index (χ1n) is 9.05. The second-order valence-electron chi connectivity index (χ2n) is 8.14. The molecule has 1 aliphatic carbocycles. The molecule has 0 aromatic carbocycles. The van der Waals surface area contributed by atoms with Crippen molar-refractivity contribution in [3.05, 3.63) is 0 Å². The standard InChI is InChI=1S/C18H32N2O/c1-13(2)18(21)20-10-15-4-5-16(11-20)17(15)12-19-8-6-14(3)7-9-19/h13-17H,4-12H2,1-3H3. The maximum absolute atomic E-state index is 12.3. The van der Waals surface area contributed by atoms with Gasteiger partial charge in [-0.2, -0.15) is 0 Å². The number of likely N-dealkylation sites (tertiary alicyclic amines) is 2. The summed E-state index contributed by atoms with van der Waals surface area (Å²) in [4.78, 5) is 17.1. The van der Waals surface area contributed by atoms with E-state index in [1.165, 1.54) is 45.3 Å². The molecule has 3 nitrogen and oxygen atoms in total. The predicted molar refractivity (Wildman–Crippen MR) is 86.0 cm³/mol. The number of piperidine rings is 2. The summed E-state index contributed by atoms with van der Waals surface area (Å²) in [6.45, 7) is 12.4. The summed E-state index contributed by atoms with van der Waals surface area (Å²) < 4.78 is 0. The summed E-state index contributed by atoms with van der Waals surface area (Å²) in [6.07, 6.45) is 5.45. The zero-order valence-electron chi connectivity index (χ0n) is 14.1. The van der Waals surface area contributed by atoms with Crippen LogP contribution in [0.25, 0.3) is 0 Å². The Balaban J connectivity index is 1.56. The molecule has 3 fully saturated rings. The van der Waals surface area contributed by atoms with E-state index in [-0.39, 0.29) is 5.92 Å². The minimum absolute atomic E-state index is 0.157. The number of carbonyl (C=O) groups is 1. The summed E-state index contributed by atoms with van der Waals surface area (Å²) in [5.41, 5.74) is 0. The molecule has 3 aliphatic rings. The molecule has 1 saturated carbocycles. The van der Waals surface area contributed by atoms with Crippen molar-refractivity contribution in [2.45, 2.75) is 46.5 Å². The van der Waals surface area contributed by atoms with Crippen LogP contribution in [-0.2, 0) is 4.79 Å². The molecule has 2 unspecified atom stereocenters. The highest BCUT2D eigenvalue weighted by Crippen LogP contribution is 2.43. The van der Waals surface area contributed by atoms with E-state index in [9.17, 15) is 4.79 Å². The molecule has 0 aromatic rings. The van der Waals surface area contributed by atoms with Crippen molar-refractivity contribution in [1.82, 2.24) is 9.80 Å². The third kappa shape index (κ3) is 3.28. The zero-order valence-corrected chi connectivity index (χ0v) is 14.1. The van der Waals surface area contributed by atoms with Gasteiger partial charge in [-0.1, -0.05) is 20.8 Å². The highest BCUT2D eigenvalue weighted by molar-refractivity contribution is 5.78. The first-order valence-corrected chi connectivity index (χ1v) is 9.05. The zero-order chi connectivity index (χ0) is 15.0. The number of hydrogen-bond acceptors (Lipinski definition) is 2. The smallest absolute Gasteiger partial charge is 0.225 e. The van der Waals surface area contributed by atoms with Gasteiger partial charge in [0.15, 0.2) is 0 Å². The van der Waals surface area contributed by atoms with Crippen molar-refractivity contribution in [1.29, 1.82) is 0 Å². The maximum atomic E-state index is 12.3. The van der Waals surface area contributed by atoms with Gasteiger partial charge in [0, 0.05) is 25.6 Å². The summed E-state index contributed by atoms with van der Waals surface area (Å²) in [5, 5.41) is 0. The van der Waals surface area contributed by atoms with Gasteiger partial charge in [-0.3, -0.25) is 4.79 Å². The van der Waals surface area contributed by atoms with Crippen LogP contribution in [-0.4, -0.2) is 48.4 Å². The van der Waals surface area contributed by atoms with Gasteiger partial charge >= 0.3 is 0 Å². The van der Waals surface area contributed by atoms with Gasteiger partial charge in [0.05, 0.1) is 0 Å². The van der Waals surface area contributed by atoms with Gasteiger partial charge in [-0.25, -0.2) is 0 Å². The van der Waals surface area contributed by atoms with Crippen LogP contribution in [0.5, 0.6) is 0 Å². The Kier molecular flexibility index (Phi) is 4.58. The fraction of sp³-hybridized carbons (Fsp3) is 0.944. The molecule has 2 atom stereocenters. The van der Waals surface area contributed by atoms with Crippen molar-refractivity contribution in [2.24, 2.45) is 29.6 Å². The summed E-state index contributed by atoms with van der Waals surface area (Å²) in [6, 6.07) is 0. The normalized spacial score (nSPS) is 34.7. The fourth-order valence-corrected chi connectivity index (χ4v) is 4.72. The molecule has 120 valence electrons. The number of amides is 1. The van der Waals surface area contributed by atoms with Crippen LogP contribution in [0.2, 0.25) is 0 Å². The Bertz CT molecular complexity index is 359. The topological polar surface area (TPSA) is 23.6 Å². The molecule has 0 radical (unpaired) electrons. The van der Waals surface area contributed by atoms with E-state index in [0.29, 0.717) is 5.91 Å². The van der Waals surface area contributed by atoms with Crippen LogP contribution in [0, 0.1) is 29.6 Å². The number of carbonyl (C=O) groups excluding carboxylic acids is 1. The molecule has 2 saturated heterocycles. The SMILES string of the molecule is CC1CCN(CC2C3CCC2CN(C(=O)C(C)C)C3)CC1. The molecule has 0 N–H and O–H groups in total. The van der Waals surface area contributed by atoms with Crippen molar-refractivity contribution in [3.63, 3.8) is 0 Å². The van der Waals surface area contributed by atoms with E-state index < -0.39 is 0 Å². The molecule has 2 aliphatic heterocycles. The Labute approximate surface area is 130 Å². The lowest BCUT2D eigenvalue weighted by molar-refractivity contribution is -0.137. The summed E-state index contributed by atoms with van der Waals surface area (Å²) >= 11 is 0. The van der Waals surface area contributed by atoms with Crippen molar-refractivity contribution in [3.8, 4) is 0 Å². The number of rotatable bonds is 3. The van der Waals surface area contributed by atoms with Crippen molar-refractivity contribution in [2.75, 3.05) is 32.7 Å². The number of hydrogen-bond donors (Lipinski definition) is 0. The minimum atomic E-state index is 0.157. The molecule has 21 heavy (non-hydrogen) atoms. The van der Waals surface area contributed by atoms with Crippen LogP contribution in [0.4, 0.5) is 0 Å². The van der Waals surface area contributed by atoms with E-state index in [0.717, 1.165) is 36.8 Å². The average molecular weight is 292 g/mol. The maximum Gasteiger partial charge on any atom is 0.225 e. The lowest BCUT2D eigenvalue weighted by Gasteiger charge is -2.42. The van der Waals surface area contributed by atoms with Gasteiger partial charge in [0.25, 0.3) is 0 Å². The third-order valence-corrected chi connectivity index (χ3v) is 6.18. The molecule has 1 amide bonds. The molecular formula is C18H32N2O. The first-order chi connectivity index (χ1) is 10.0. The van der Waals surface area contributed by atoms with E-state index >= 15 is 0 Å². The van der Waals surface area contributed by atoms with E-state index in [1.807, 2.05) is 13.8 Å². The van der Waals surface area contributed by atoms with Gasteiger partial charge in [-0.05, 0) is 62.4 Å². The third-order valence-electron chi connectivity index (χ3n) is 6.18. The first kappa shape index (κ1) is 15.3. The molecule has 3 rings (SSSR count). The second kappa shape index (κ2) is 6.28. The monoisotopic (exact) mass is 292 g/mol. The molecule has 0 aromatic heterocycles. The van der Waals surface area contributed by atoms with E-state index in [2.05, 4.69) is 16.7 Å². The van der Waals surface area contributed by atoms with Crippen LogP contribution in [0.3, 0.4) is 0 Å². The van der Waals surface area contributed by atoms with Crippen molar-refractivity contribution < 1.29 is 4.79 Å². The number of fused-ring (bicyclic) bond motifs is 2. The van der Waals surface area contributed by atoms with Gasteiger partial charge in [-0.15, -0.1) is 0 Å².